The molecule has 4 rings (SSSR count). The number of aromatic nitrogens is 4. The van der Waals surface area contributed by atoms with Crippen LogP contribution in [0, 0.1) is 0 Å². The number of thioether (sulfide) groups is 1. The maximum Gasteiger partial charge on any atom is 0.227 e. The fourth-order valence-corrected chi connectivity index (χ4v) is 5.62. The molecule has 0 aliphatic rings. The van der Waals surface area contributed by atoms with Crippen molar-refractivity contribution in [1.29, 1.82) is 0 Å². The summed E-state index contributed by atoms with van der Waals surface area (Å²) in [5.74, 6) is 0.697. The van der Waals surface area contributed by atoms with E-state index in [1.807, 2.05) is 60.7 Å². The number of nitrogens with zero attached hydrogens (tertiary/aromatic N) is 3. The Balaban J connectivity index is 1.49. The molecule has 0 unspecified atom stereocenters. The van der Waals surface area contributed by atoms with E-state index >= 15 is 0 Å². The minimum absolute atomic E-state index is 0.0582. The van der Waals surface area contributed by atoms with Crippen molar-refractivity contribution >= 4 is 21.6 Å². The number of sulfone groups is 1. The van der Waals surface area contributed by atoms with Gasteiger partial charge in [-0.15, -0.1) is 0 Å². The number of hydrogen-bond donors (Lipinski definition) is 1. The summed E-state index contributed by atoms with van der Waals surface area (Å²) in [6, 6.07) is 20.1. The second kappa shape index (κ2) is 8.89. The first-order chi connectivity index (χ1) is 14.5. The Morgan fingerprint density at radius 3 is 2.30 bits per heavy atom. The van der Waals surface area contributed by atoms with Crippen LogP contribution >= 0.6 is 11.8 Å². The van der Waals surface area contributed by atoms with Crippen molar-refractivity contribution in [2.75, 3.05) is 11.5 Å². The van der Waals surface area contributed by atoms with Crippen molar-refractivity contribution in [3.63, 3.8) is 0 Å². The third-order valence-corrected chi connectivity index (χ3v) is 7.38. The number of benzene rings is 2. The number of aromatic amines is 1. The van der Waals surface area contributed by atoms with Crippen LogP contribution in [-0.4, -0.2) is 39.4 Å². The first-order valence-corrected chi connectivity index (χ1v) is 12.2. The molecule has 0 radical (unpaired) electrons. The predicted octanol–water partition coefficient (Wildman–Crippen LogP) is 4.43. The number of imidazole rings is 2. The molecule has 0 amide bonds. The minimum Gasteiger partial charge on any atom is -0.332 e. The van der Waals surface area contributed by atoms with Crippen molar-refractivity contribution < 1.29 is 8.42 Å². The van der Waals surface area contributed by atoms with Crippen molar-refractivity contribution in [3.8, 4) is 22.5 Å². The molecular weight excluding hydrogens is 416 g/mol. The lowest BCUT2D eigenvalue weighted by atomic mass is 10.1. The first kappa shape index (κ1) is 20.4. The molecule has 6 nitrogen and oxygen atoms in total. The van der Waals surface area contributed by atoms with E-state index in [-0.39, 0.29) is 10.9 Å². The molecule has 0 spiro atoms. The molecule has 0 aliphatic carbocycles. The van der Waals surface area contributed by atoms with Crippen molar-refractivity contribution in [3.05, 3.63) is 73.1 Å². The molecule has 0 saturated carbocycles. The molecule has 4 aromatic rings. The molecule has 0 aliphatic heterocycles. The Hall–Kier alpha value is -2.84. The molecule has 0 atom stereocenters. The van der Waals surface area contributed by atoms with Crippen LogP contribution in [0.15, 0.2) is 83.4 Å². The Kier molecular flexibility index (Phi) is 6.06. The van der Waals surface area contributed by atoms with Gasteiger partial charge in [0.25, 0.3) is 0 Å². The smallest absolute Gasteiger partial charge is 0.227 e. The predicted molar refractivity (Wildman–Crippen MR) is 120 cm³/mol. The molecule has 30 heavy (non-hydrogen) atoms. The minimum atomic E-state index is -3.38. The zero-order chi connectivity index (χ0) is 21.0. The van der Waals surface area contributed by atoms with Crippen LogP contribution in [0.3, 0.4) is 0 Å². The SMILES string of the molecule is Cn1ccnc1S(=O)(=O)CCCSc1nc(-c2ccccc2)c(-c2ccccc2)[nH]1. The van der Waals surface area contributed by atoms with E-state index in [0.717, 1.165) is 27.7 Å². The molecular formula is C22H22N4O2S2. The summed E-state index contributed by atoms with van der Waals surface area (Å²) in [4.78, 5) is 12.2. The summed E-state index contributed by atoms with van der Waals surface area (Å²) in [5, 5.41) is 0.894. The average Bonchev–Trinajstić information content (AvgIpc) is 3.39. The molecule has 154 valence electrons. The normalized spacial score (nSPS) is 11.6. The number of aryl methyl sites for hydroxylation is 1. The highest BCUT2D eigenvalue weighted by Crippen LogP contribution is 2.32. The maximum atomic E-state index is 12.4. The van der Waals surface area contributed by atoms with E-state index in [0.29, 0.717) is 12.2 Å². The summed E-state index contributed by atoms with van der Waals surface area (Å²) < 4.78 is 26.4. The van der Waals surface area contributed by atoms with Gasteiger partial charge in [0.05, 0.1) is 17.1 Å². The number of hydrogen-bond acceptors (Lipinski definition) is 5. The van der Waals surface area contributed by atoms with Gasteiger partial charge < -0.3 is 9.55 Å². The highest BCUT2D eigenvalue weighted by atomic mass is 32.2. The second-order valence-corrected chi connectivity index (χ2v) is 9.93. The van der Waals surface area contributed by atoms with Crippen LogP contribution in [0.4, 0.5) is 0 Å². The zero-order valence-electron chi connectivity index (χ0n) is 16.5. The van der Waals surface area contributed by atoms with Gasteiger partial charge in [-0.2, -0.15) is 0 Å². The van der Waals surface area contributed by atoms with Crippen molar-refractivity contribution in [1.82, 2.24) is 19.5 Å². The van der Waals surface area contributed by atoms with Gasteiger partial charge in [-0.1, -0.05) is 72.4 Å². The van der Waals surface area contributed by atoms with Crippen LogP contribution in [0.2, 0.25) is 0 Å². The van der Waals surface area contributed by atoms with Gasteiger partial charge in [0.15, 0.2) is 5.16 Å². The summed E-state index contributed by atoms with van der Waals surface area (Å²) in [7, 11) is -1.69. The van der Waals surface area contributed by atoms with E-state index in [4.69, 9.17) is 4.98 Å². The third kappa shape index (κ3) is 4.49. The molecule has 0 bridgehead atoms. The van der Waals surface area contributed by atoms with E-state index in [1.54, 1.807) is 13.2 Å². The van der Waals surface area contributed by atoms with Crippen LogP contribution in [0.25, 0.3) is 22.5 Å². The van der Waals surface area contributed by atoms with Crippen molar-refractivity contribution in [2.45, 2.75) is 16.7 Å². The molecule has 2 heterocycles. The lowest BCUT2D eigenvalue weighted by molar-refractivity contribution is 0.578. The highest BCUT2D eigenvalue weighted by Gasteiger charge is 2.19. The Morgan fingerprint density at radius 2 is 1.67 bits per heavy atom. The van der Waals surface area contributed by atoms with Gasteiger partial charge in [-0.25, -0.2) is 18.4 Å². The van der Waals surface area contributed by atoms with E-state index in [2.05, 4.69) is 9.97 Å². The fourth-order valence-electron chi connectivity index (χ4n) is 3.20. The molecule has 0 saturated heterocycles. The standard InChI is InChI=1S/C22H22N4O2S2/c1-26-14-13-23-22(26)30(27,28)16-8-15-29-21-24-19(17-9-4-2-5-10-17)20(25-21)18-11-6-3-7-12-18/h2-7,9-14H,8,15-16H2,1H3,(H,24,25). The van der Waals surface area contributed by atoms with Crippen LogP contribution in [0.1, 0.15) is 6.42 Å². The fraction of sp³-hybridized carbons (Fsp3) is 0.182. The van der Waals surface area contributed by atoms with Gasteiger partial charge in [0.2, 0.25) is 15.0 Å². The maximum absolute atomic E-state index is 12.4. The number of H-pyrrole nitrogens is 1. The van der Waals surface area contributed by atoms with Crippen LogP contribution in [0.5, 0.6) is 0 Å². The lowest BCUT2D eigenvalue weighted by Crippen LogP contribution is -2.12. The first-order valence-electron chi connectivity index (χ1n) is 9.58. The van der Waals surface area contributed by atoms with Crippen molar-refractivity contribution in [2.24, 2.45) is 7.05 Å². The average molecular weight is 439 g/mol. The van der Waals surface area contributed by atoms with Gasteiger partial charge >= 0.3 is 0 Å². The van der Waals surface area contributed by atoms with Gasteiger partial charge in [-0.3, -0.25) is 0 Å². The summed E-state index contributed by atoms with van der Waals surface area (Å²) in [6.07, 6.45) is 3.66. The second-order valence-electron chi connectivity index (χ2n) is 6.84. The topological polar surface area (TPSA) is 80.6 Å². The lowest BCUT2D eigenvalue weighted by Gasteiger charge is -2.03. The molecule has 2 aromatic heterocycles. The third-order valence-electron chi connectivity index (χ3n) is 4.64. The highest BCUT2D eigenvalue weighted by molar-refractivity contribution is 7.99. The summed E-state index contributed by atoms with van der Waals surface area (Å²) >= 11 is 1.53. The quantitative estimate of drug-likeness (QED) is 0.325. The molecule has 0 fully saturated rings. The van der Waals surface area contributed by atoms with E-state index in [1.165, 1.54) is 22.5 Å². The largest absolute Gasteiger partial charge is 0.332 e. The summed E-state index contributed by atoms with van der Waals surface area (Å²) in [5.41, 5.74) is 3.96. The van der Waals surface area contributed by atoms with Gasteiger partial charge in [0, 0.05) is 36.3 Å². The van der Waals surface area contributed by atoms with Crippen LogP contribution in [-0.2, 0) is 16.9 Å². The van der Waals surface area contributed by atoms with Gasteiger partial charge in [0.1, 0.15) is 0 Å². The molecule has 8 heteroatoms. The Bertz CT molecular complexity index is 1160. The van der Waals surface area contributed by atoms with Crippen LogP contribution < -0.4 is 0 Å². The number of rotatable bonds is 8. The van der Waals surface area contributed by atoms with E-state index < -0.39 is 9.84 Å². The van der Waals surface area contributed by atoms with E-state index in [9.17, 15) is 8.42 Å². The molecule has 2 aromatic carbocycles. The zero-order valence-corrected chi connectivity index (χ0v) is 18.2. The van der Waals surface area contributed by atoms with Gasteiger partial charge in [-0.05, 0) is 6.42 Å². The Labute approximate surface area is 180 Å². The monoisotopic (exact) mass is 438 g/mol. The number of nitrogens with one attached hydrogen (secondary N) is 1. The molecule has 1 N–H and O–H groups in total. The summed E-state index contributed by atoms with van der Waals surface area (Å²) in [6.45, 7) is 0. The Morgan fingerprint density at radius 1 is 1.00 bits per heavy atom.